The van der Waals surface area contributed by atoms with Gasteiger partial charge in [0.1, 0.15) is 17.6 Å². The Balaban J connectivity index is 1.44. The highest BCUT2D eigenvalue weighted by molar-refractivity contribution is 8.16. The lowest BCUT2D eigenvalue weighted by atomic mass is 10.1. The molecule has 0 saturated carbocycles. The zero-order valence-electron chi connectivity index (χ0n) is 19.1. The smallest absolute Gasteiger partial charge is 0.243 e. The molecular formula is C23H21FN2O6S5. The van der Waals surface area contributed by atoms with Crippen molar-refractivity contribution in [3.63, 3.8) is 0 Å². The zero-order chi connectivity index (χ0) is 26.2. The molecule has 1 saturated heterocycles. The summed E-state index contributed by atoms with van der Waals surface area (Å²) in [4.78, 5) is 1.84. The van der Waals surface area contributed by atoms with Crippen LogP contribution in [-0.4, -0.2) is 65.2 Å². The Morgan fingerprint density at radius 1 is 1.08 bits per heavy atom. The average molecular weight is 601 g/mol. The van der Waals surface area contributed by atoms with Gasteiger partial charge in [-0.15, -0.1) is 0 Å². The topological polar surface area (TPSA) is 117 Å². The Morgan fingerprint density at radius 3 is 2.57 bits per heavy atom. The third kappa shape index (κ3) is 4.39. The molecule has 0 N–H and O–H groups in total. The summed E-state index contributed by atoms with van der Waals surface area (Å²) in [6.45, 7) is 0.684. The molecule has 0 aromatic heterocycles. The monoisotopic (exact) mass is 600 g/mol. The first kappa shape index (κ1) is 25.9. The predicted molar refractivity (Wildman–Crippen MR) is 141 cm³/mol. The molecule has 1 spiro atoms. The number of thioether (sulfide) groups is 3. The quantitative estimate of drug-likeness (QED) is 0.278. The fourth-order valence-electron chi connectivity index (χ4n) is 5.44. The van der Waals surface area contributed by atoms with Crippen LogP contribution >= 0.6 is 35.3 Å². The normalized spacial score (nSPS) is 29.5. The SMILES string of the molecule is O=S(=O)([O-])CCC[N+]1=C(C=C2Sc3ccc(F)cc3[N+]23CCC3S(=O)(=O)[O-])SC2c3ccccc3SC21. The van der Waals surface area contributed by atoms with Crippen LogP contribution in [0.1, 0.15) is 23.7 Å². The van der Waals surface area contributed by atoms with Gasteiger partial charge in [-0.2, -0.15) is 0 Å². The van der Waals surface area contributed by atoms with Crippen molar-refractivity contribution in [2.45, 2.75) is 38.6 Å². The number of halogens is 1. The summed E-state index contributed by atoms with van der Waals surface area (Å²) in [5.41, 5.74) is 1.63. The fourth-order valence-corrected chi connectivity index (χ4v) is 11.8. The molecule has 0 bridgehead atoms. The van der Waals surface area contributed by atoms with Crippen LogP contribution in [-0.2, 0) is 20.2 Å². The van der Waals surface area contributed by atoms with Gasteiger partial charge in [0.05, 0.1) is 34.1 Å². The Hall–Kier alpha value is -1.39. The van der Waals surface area contributed by atoms with Crippen molar-refractivity contribution < 1.29 is 34.9 Å². The molecule has 6 rings (SSSR count). The summed E-state index contributed by atoms with van der Waals surface area (Å²) in [6.07, 6.45) is 2.20. The van der Waals surface area contributed by atoms with Crippen LogP contribution in [0.25, 0.3) is 0 Å². The van der Waals surface area contributed by atoms with E-state index in [0.717, 1.165) is 15.5 Å². The second-order valence-electron chi connectivity index (χ2n) is 9.26. The standard InChI is InChI=1S/C23H21FN2O6S5/c24-14-6-7-18-16(12-14)26(10-8-21(26)37(30,31)32)20(33-18)13-19-25(9-3-11-36(27,28)29)23-22(35-19)15-4-1-2-5-17(15)34-23/h1-2,4-7,12-13,21-23H,3,8-11H2. The fraction of sp³-hybridized carbons (Fsp3) is 0.348. The van der Waals surface area contributed by atoms with Crippen molar-refractivity contribution in [3.8, 4) is 0 Å². The van der Waals surface area contributed by atoms with E-state index in [9.17, 15) is 30.3 Å². The van der Waals surface area contributed by atoms with E-state index in [2.05, 4.69) is 10.6 Å². The molecule has 2 aromatic rings. The molecule has 37 heavy (non-hydrogen) atoms. The van der Waals surface area contributed by atoms with Crippen LogP contribution < -0.4 is 4.48 Å². The number of rotatable bonds is 6. The number of benzene rings is 2. The van der Waals surface area contributed by atoms with Crippen molar-refractivity contribution in [3.05, 3.63) is 65.0 Å². The highest BCUT2D eigenvalue weighted by Crippen LogP contribution is 2.59. The van der Waals surface area contributed by atoms with E-state index in [-0.39, 0.29) is 27.9 Å². The minimum absolute atomic E-state index is 0.0290. The van der Waals surface area contributed by atoms with Gasteiger partial charge in [0.25, 0.3) is 0 Å². The number of hydrogen-bond acceptors (Lipinski definition) is 9. The highest BCUT2D eigenvalue weighted by Gasteiger charge is 2.60. The van der Waals surface area contributed by atoms with Gasteiger partial charge in [-0.3, -0.25) is 0 Å². The summed E-state index contributed by atoms with van der Waals surface area (Å²) >= 11 is 4.59. The molecule has 8 nitrogen and oxygen atoms in total. The molecular weight excluding hydrogens is 580 g/mol. The third-order valence-electron chi connectivity index (χ3n) is 7.12. The molecule has 4 atom stereocenters. The lowest BCUT2D eigenvalue weighted by molar-refractivity contribution is -0.534. The van der Waals surface area contributed by atoms with Crippen molar-refractivity contribution in [2.75, 3.05) is 18.8 Å². The number of quaternary nitrogens is 1. The van der Waals surface area contributed by atoms with E-state index in [0.29, 0.717) is 28.7 Å². The molecule has 1 fully saturated rings. The second-order valence-corrected chi connectivity index (χ2v) is 15.7. The summed E-state index contributed by atoms with van der Waals surface area (Å²) in [6, 6.07) is 12.3. The van der Waals surface area contributed by atoms with E-state index < -0.39 is 37.2 Å². The highest BCUT2D eigenvalue weighted by atomic mass is 32.2. The molecule has 14 heteroatoms. The van der Waals surface area contributed by atoms with E-state index in [1.807, 2.05) is 24.3 Å². The van der Waals surface area contributed by atoms with E-state index in [1.54, 1.807) is 29.6 Å². The van der Waals surface area contributed by atoms with E-state index in [4.69, 9.17) is 0 Å². The van der Waals surface area contributed by atoms with Crippen LogP contribution in [0.4, 0.5) is 10.1 Å². The van der Waals surface area contributed by atoms with Crippen LogP contribution in [0.2, 0.25) is 0 Å². The van der Waals surface area contributed by atoms with Crippen LogP contribution in [0, 0.1) is 5.82 Å². The summed E-state index contributed by atoms with van der Waals surface area (Å²) in [5.74, 6) is -0.985. The number of hydrogen-bond donors (Lipinski definition) is 0. The van der Waals surface area contributed by atoms with Gasteiger partial charge in [0.15, 0.2) is 26.2 Å². The maximum absolute atomic E-state index is 14.3. The molecule has 0 radical (unpaired) electrons. The van der Waals surface area contributed by atoms with Crippen molar-refractivity contribution >= 4 is 66.3 Å². The van der Waals surface area contributed by atoms with Gasteiger partial charge in [-0.25, -0.2) is 30.3 Å². The largest absolute Gasteiger partial charge is 0.748 e. The Morgan fingerprint density at radius 2 is 1.86 bits per heavy atom. The average Bonchev–Trinajstić information content (AvgIpc) is 3.40. The molecule has 4 aliphatic rings. The van der Waals surface area contributed by atoms with Crippen LogP contribution in [0.5, 0.6) is 0 Å². The predicted octanol–water partition coefficient (Wildman–Crippen LogP) is 3.62. The Bertz CT molecular complexity index is 1590. The zero-order valence-corrected chi connectivity index (χ0v) is 23.2. The van der Waals surface area contributed by atoms with E-state index >= 15 is 0 Å². The molecule has 4 heterocycles. The second kappa shape index (κ2) is 9.08. The van der Waals surface area contributed by atoms with Crippen molar-refractivity contribution in [1.29, 1.82) is 0 Å². The van der Waals surface area contributed by atoms with Gasteiger partial charge in [0, 0.05) is 23.1 Å². The third-order valence-corrected chi connectivity index (χ3v) is 13.3. The molecule has 2 aromatic carbocycles. The van der Waals surface area contributed by atoms with Crippen LogP contribution in [0.3, 0.4) is 0 Å². The minimum Gasteiger partial charge on any atom is -0.748 e. The van der Waals surface area contributed by atoms with E-state index in [1.165, 1.54) is 23.9 Å². The summed E-state index contributed by atoms with van der Waals surface area (Å²) in [5, 5.41) is 0.224. The van der Waals surface area contributed by atoms with Crippen molar-refractivity contribution in [1.82, 2.24) is 4.48 Å². The number of nitrogens with zero attached hydrogens (tertiary/aromatic N) is 2. The first-order valence-electron chi connectivity index (χ1n) is 11.5. The minimum atomic E-state index is -4.67. The molecule has 0 aliphatic carbocycles. The van der Waals surface area contributed by atoms with Gasteiger partial charge in [0.2, 0.25) is 10.4 Å². The van der Waals surface area contributed by atoms with Crippen molar-refractivity contribution in [2.24, 2.45) is 0 Å². The molecule has 196 valence electrons. The Labute approximate surface area is 227 Å². The summed E-state index contributed by atoms with van der Waals surface area (Å²) < 4.78 is 86.6. The van der Waals surface area contributed by atoms with Crippen LogP contribution in [0.15, 0.2) is 63.4 Å². The molecule has 4 unspecified atom stereocenters. The number of fused-ring (bicyclic) bond motifs is 5. The van der Waals surface area contributed by atoms with Gasteiger partial charge in [-0.05, 0) is 47.3 Å². The maximum Gasteiger partial charge on any atom is 0.243 e. The molecule has 4 aliphatic heterocycles. The van der Waals surface area contributed by atoms with Gasteiger partial charge >= 0.3 is 0 Å². The van der Waals surface area contributed by atoms with Gasteiger partial charge < -0.3 is 9.11 Å². The maximum atomic E-state index is 14.3. The van der Waals surface area contributed by atoms with Gasteiger partial charge in [-0.1, -0.05) is 30.0 Å². The molecule has 0 amide bonds. The first-order valence-corrected chi connectivity index (χ1v) is 17.1. The lowest BCUT2D eigenvalue weighted by Gasteiger charge is -2.49. The summed E-state index contributed by atoms with van der Waals surface area (Å²) in [7, 11) is -9.04. The first-order chi connectivity index (χ1) is 17.5. The lowest BCUT2D eigenvalue weighted by Crippen LogP contribution is -2.67. The Kier molecular flexibility index (Phi) is 6.35.